The lowest BCUT2D eigenvalue weighted by Crippen LogP contribution is -2.36. The molecule has 1 N–H and O–H groups in total. The van der Waals surface area contributed by atoms with E-state index in [0.29, 0.717) is 5.56 Å². The number of ether oxygens (including phenoxy) is 1. The zero-order valence-electron chi connectivity index (χ0n) is 16.6. The van der Waals surface area contributed by atoms with Gasteiger partial charge in [-0.2, -0.15) is 0 Å². The van der Waals surface area contributed by atoms with Crippen LogP contribution in [0.4, 0.5) is 5.69 Å². The number of nitrogens with one attached hydrogen (secondary N) is 1. The van der Waals surface area contributed by atoms with Gasteiger partial charge < -0.3 is 15.0 Å². The van der Waals surface area contributed by atoms with E-state index < -0.39 is 0 Å². The van der Waals surface area contributed by atoms with Crippen LogP contribution in [0, 0.1) is 6.92 Å². The van der Waals surface area contributed by atoms with Crippen LogP contribution in [0.3, 0.4) is 0 Å². The number of morpholine rings is 1. The Hall–Kier alpha value is -2.66. The van der Waals surface area contributed by atoms with Crippen LogP contribution in [-0.4, -0.2) is 38.0 Å². The van der Waals surface area contributed by atoms with E-state index >= 15 is 0 Å². The quantitative estimate of drug-likeness (QED) is 0.745. The molecule has 3 rings (SSSR count). The third kappa shape index (κ3) is 5.42. The summed E-state index contributed by atoms with van der Waals surface area (Å²) in [5.41, 5.74) is 4.00. The molecular weight excluding hydrogens is 352 g/mol. The lowest BCUT2D eigenvalue weighted by atomic mass is 10.0. The number of rotatable bonds is 7. The van der Waals surface area contributed by atoms with Crippen LogP contribution in [0.2, 0.25) is 0 Å². The van der Waals surface area contributed by atoms with Gasteiger partial charge in [0.05, 0.1) is 19.3 Å². The molecule has 0 radical (unpaired) electrons. The average Bonchev–Trinajstić information content (AvgIpc) is 2.73. The minimum absolute atomic E-state index is 0.00216. The first-order valence-electron chi connectivity index (χ1n) is 9.85. The Labute approximate surface area is 166 Å². The number of hydrogen-bond acceptors (Lipinski definition) is 4. The molecule has 1 heterocycles. The number of nitrogens with zero attached hydrogens (tertiary/aromatic N) is 1. The summed E-state index contributed by atoms with van der Waals surface area (Å²) in [6, 6.07) is 15.6. The molecule has 1 saturated heterocycles. The van der Waals surface area contributed by atoms with Crippen molar-refractivity contribution in [2.45, 2.75) is 32.7 Å². The number of hydrogen-bond donors (Lipinski definition) is 1. The van der Waals surface area contributed by atoms with Crippen LogP contribution in [0.1, 0.15) is 47.3 Å². The van der Waals surface area contributed by atoms with Crippen LogP contribution in [0.25, 0.3) is 0 Å². The molecule has 5 nitrogen and oxygen atoms in total. The summed E-state index contributed by atoms with van der Waals surface area (Å²) in [5, 5.41) is 2.99. The molecule has 0 aromatic heterocycles. The van der Waals surface area contributed by atoms with E-state index in [1.165, 1.54) is 5.69 Å². The number of aryl methyl sites for hydroxylation is 1. The smallest absolute Gasteiger partial charge is 0.220 e. The van der Waals surface area contributed by atoms with E-state index in [2.05, 4.69) is 22.3 Å². The fourth-order valence-corrected chi connectivity index (χ4v) is 3.30. The molecule has 148 valence electrons. The molecule has 2 aromatic carbocycles. The van der Waals surface area contributed by atoms with E-state index in [1.54, 1.807) is 0 Å². The number of benzene rings is 2. The monoisotopic (exact) mass is 380 g/mol. The molecule has 1 atom stereocenters. The van der Waals surface area contributed by atoms with Gasteiger partial charge in [0.1, 0.15) is 0 Å². The van der Waals surface area contributed by atoms with Crippen molar-refractivity contribution >= 4 is 17.4 Å². The van der Waals surface area contributed by atoms with Gasteiger partial charge in [0.25, 0.3) is 0 Å². The standard InChI is InChI=1S/C23H28N2O3/c1-17-3-5-20(6-4-17)22(26)11-12-23(27)24-18(2)19-7-9-21(10-8-19)25-13-15-28-16-14-25/h3-10,18H,11-16H2,1-2H3,(H,24,27). The van der Waals surface area contributed by atoms with Gasteiger partial charge in [-0.05, 0) is 31.5 Å². The zero-order chi connectivity index (χ0) is 19.9. The predicted octanol–water partition coefficient (Wildman–Crippen LogP) is 3.67. The normalized spacial score (nSPS) is 15.1. The summed E-state index contributed by atoms with van der Waals surface area (Å²) >= 11 is 0. The molecule has 1 aliphatic rings. The molecule has 1 amide bonds. The third-order valence-corrected chi connectivity index (χ3v) is 5.10. The molecule has 1 unspecified atom stereocenters. The van der Waals surface area contributed by atoms with Gasteiger partial charge in [0.15, 0.2) is 5.78 Å². The number of Topliss-reactive ketones (excluding diaryl/α,β-unsaturated/α-hetero) is 1. The SMILES string of the molecule is Cc1ccc(C(=O)CCC(=O)NC(C)c2ccc(N3CCOCC3)cc2)cc1. The van der Waals surface area contributed by atoms with Gasteiger partial charge >= 0.3 is 0 Å². The fourth-order valence-electron chi connectivity index (χ4n) is 3.30. The molecule has 1 fully saturated rings. The van der Waals surface area contributed by atoms with Crippen molar-refractivity contribution in [2.75, 3.05) is 31.2 Å². The second kappa shape index (κ2) is 9.51. The van der Waals surface area contributed by atoms with Crippen molar-refractivity contribution in [1.29, 1.82) is 0 Å². The lowest BCUT2D eigenvalue weighted by molar-refractivity contribution is -0.121. The van der Waals surface area contributed by atoms with Gasteiger partial charge in [-0.25, -0.2) is 0 Å². The number of carbonyl (C=O) groups excluding carboxylic acids is 2. The Bertz CT molecular complexity index is 794. The summed E-state index contributed by atoms with van der Waals surface area (Å²) in [6.07, 6.45) is 0.417. The first-order chi connectivity index (χ1) is 13.5. The summed E-state index contributed by atoms with van der Waals surface area (Å²) < 4.78 is 5.39. The fraction of sp³-hybridized carbons (Fsp3) is 0.391. The molecular formula is C23H28N2O3. The Balaban J connectivity index is 1.48. The lowest BCUT2D eigenvalue weighted by Gasteiger charge is -2.29. The van der Waals surface area contributed by atoms with E-state index in [1.807, 2.05) is 50.2 Å². The first kappa shape index (κ1) is 20.1. The first-order valence-corrected chi connectivity index (χ1v) is 9.85. The Morgan fingerprint density at radius 2 is 1.64 bits per heavy atom. The van der Waals surface area contributed by atoms with Crippen LogP contribution >= 0.6 is 0 Å². The van der Waals surface area contributed by atoms with Gasteiger partial charge in [0.2, 0.25) is 5.91 Å². The van der Waals surface area contributed by atoms with Gasteiger partial charge in [0, 0.05) is 37.2 Å². The molecule has 1 aliphatic heterocycles. The Kier molecular flexibility index (Phi) is 6.82. The van der Waals surface area contributed by atoms with Gasteiger partial charge in [-0.1, -0.05) is 42.0 Å². The van der Waals surface area contributed by atoms with E-state index in [4.69, 9.17) is 4.74 Å². The van der Waals surface area contributed by atoms with Crippen molar-refractivity contribution in [3.8, 4) is 0 Å². The number of amides is 1. The van der Waals surface area contributed by atoms with Crippen molar-refractivity contribution in [3.63, 3.8) is 0 Å². The maximum atomic E-state index is 12.2. The third-order valence-electron chi connectivity index (χ3n) is 5.10. The molecule has 2 aromatic rings. The molecule has 28 heavy (non-hydrogen) atoms. The zero-order valence-corrected chi connectivity index (χ0v) is 16.6. The molecule has 0 spiro atoms. The minimum Gasteiger partial charge on any atom is -0.378 e. The van der Waals surface area contributed by atoms with Crippen molar-refractivity contribution in [1.82, 2.24) is 5.32 Å². The Morgan fingerprint density at radius 1 is 1.00 bits per heavy atom. The summed E-state index contributed by atoms with van der Waals surface area (Å²) in [6.45, 7) is 7.27. The second-order valence-electron chi connectivity index (χ2n) is 7.27. The molecule has 0 bridgehead atoms. The van der Waals surface area contributed by atoms with E-state index in [9.17, 15) is 9.59 Å². The van der Waals surface area contributed by atoms with Crippen LogP contribution in [0.5, 0.6) is 0 Å². The molecule has 0 saturated carbocycles. The van der Waals surface area contributed by atoms with Crippen molar-refractivity contribution in [2.24, 2.45) is 0 Å². The maximum absolute atomic E-state index is 12.2. The molecule has 0 aliphatic carbocycles. The van der Waals surface area contributed by atoms with Crippen molar-refractivity contribution < 1.29 is 14.3 Å². The summed E-state index contributed by atoms with van der Waals surface area (Å²) in [5.74, 6) is -0.108. The van der Waals surface area contributed by atoms with Crippen LogP contribution in [0.15, 0.2) is 48.5 Å². The predicted molar refractivity (Wildman–Crippen MR) is 111 cm³/mol. The highest BCUT2D eigenvalue weighted by Gasteiger charge is 2.14. The van der Waals surface area contributed by atoms with Crippen LogP contribution in [-0.2, 0) is 9.53 Å². The maximum Gasteiger partial charge on any atom is 0.220 e. The summed E-state index contributed by atoms with van der Waals surface area (Å²) in [4.78, 5) is 26.8. The average molecular weight is 380 g/mol. The topological polar surface area (TPSA) is 58.6 Å². The second-order valence-corrected chi connectivity index (χ2v) is 7.27. The van der Waals surface area contributed by atoms with Gasteiger partial charge in [-0.3, -0.25) is 9.59 Å². The number of anilines is 1. The number of ketones is 1. The van der Waals surface area contributed by atoms with E-state index in [-0.39, 0.29) is 30.6 Å². The van der Waals surface area contributed by atoms with Crippen LogP contribution < -0.4 is 10.2 Å². The largest absolute Gasteiger partial charge is 0.378 e. The number of carbonyl (C=O) groups is 2. The minimum atomic E-state index is -0.106. The highest BCUT2D eigenvalue weighted by Crippen LogP contribution is 2.20. The summed E-state index contributed by atoms with van der Waals surface area (Å²) in [7, 11) is 0. The highest BCUT2D eigenvalue weighted by molar-refractivity contribution is 5.98. The van der Waals surface area contributed by atoms with E-state index in [0.717, 1.165) is 37.4 Å². The molecule has 5 heteroatoms. The van der Waals surface area contributed by atoms with Crippen molar-refractivity contribution in [3.05, 3.63) is 65.2 Å². The van der Waals surface area contributed by atoms with Gasteiger partial charge in [-0.15, -0.1) is 0 Å². The Morgan fingerprint density at radius 3 is 2.29 bits per heavy atom. The highest BCUT2D eigenvalue weighted by atomic mass is 16.5.